The van der Waals surface area contributed by atoms with Crippen LogP contribution in [0.1, 0.15) is 22.8 Å². The Balaban J connectivity index is 0.000000226. The summed E-state index contributed by atoms with van der Waals surface area (Å²) in [4.78, 5) is 24.3. The molecule has 0 radical (unpaired) electrons. The van der Waals surface area contributed by atoms with E-state index in [0.29, 0.717) is 24.3 Å². The highest BCUT2D eigenvalue weighted by molar-refractivity contribution is 5.42. The molecule has 0 saturated carbocycles. The van der Waals surface area contributed by atoms with E-state index in [9.17, 15) is 53.5 Å². The lowest BCUT2D eigenvalue weighted by Gasteiger charge is -2.03. The number of hydrogen-bond acceptors (Lipinski definition) is 6. The zero-order valence-electron chi connectivity index (χ0n) is 19.5. The molecule has 0 aliphatic rings. The van der Waals surface area contributed by atoms with E-state index in [-0.39, 0.29) is 13.9 Å². The Hall–Kier alpha value is -5.40. The van der Waals surface area contributed by atoms with Gasteiger partial charge < -0.3 is 0 Å². The summed E-state index contributed by atoms with van der Waals surface area (Å²) in [5.74, 6) is -8.08. The van der Waals surface area contributed by atoms with Crippen LogP contribution in [0, 0.1) is 45.9 Å². The van der Waals surface area contributed by atoms with Crippen molar-refractivity contribution in [3.63, 3.8) is 0 Å². The van der Waals surface area contributed by atoms with E-state index < -0.39 is 81.2 Å². The highest BCUT2D eigenvalue weighted by atomic mass is 19.4. The van der Waals surface area contributed by atoms with Crippen molar-refractivity contribution in [3.05, 3.63) is 91.3 Å². The molecule has 0 amide bonds. The minimum Gasteiger partial charge on any atom is -0.285 e. The highest BCUT2D eigenvalue weighted by Crippen LogP contribution is 2.27. The van der Waals surface area contributed by atoms with E-state index >= 15 is 0 Å². The monoisotopic (exact) mass is 594 g/mol. The lowest BCUT2D eigenvalue weighted by atomic mass is 10.2. The number of H-pyrrole nitrogens is 1. The smallest absolute Gasteiger partial charge is 0.285 e. The Morgan fingerprint density at radius 2 is 1.20 bits per heavy atom. The van der Waals surface area contributed by atoms with Crippen molar-refractivity contribution in [2.45, 2.75) is 12.4 Å². The summed E-state index contributed by atoms with van der Waals surface area (Å²) in [7, 11) is 0.798. The fraction of sp³-hybridized carbons (Fsp3) is 0.143. The molecule has 0 aliphatic carbocycles. The molecule has 0 fully saturated rings. The molecule has 0 bridgehead atoms. The van der Waals surface area contributed by atoms with Gasteiger partial charge in [-0.05, 0) is 12.1 Å². The summed E-state index contributed by atoms with van der Waals surface area (Å²) in [5, 5.41) is 22.8. The van der Waals surface area contributed by atoms with Gasteiger partial charge in [0.25, 0.3) is 0 Å². The molecule has 0 aliphatic heterocycles. The van der Waals surface area contributed by atoms with Gasteiger partial charge in [0.2, 0.25) is 11.6 Å². The third-order valence-corrected chi connectivity index (χ3v) is 4.89. The van der Waals surface area contributed by atoms with Gasteiger partial charge in [0.05, 0.1) is 11.1 Å². The van der Waals surface area contributed by atoms with Gasteiger partial charge in [0, 0.05) is 19.2 Å². The number of nitrogens with one attached hydrogen (secondary N) is 1. The van der Waals surface area contributed by atoms with E-state index in [4.69, 9.17) is 10.5 Å². The first-order valence-electron chi connectivity index (χ1n) is 10.2. The zero-order valence-corrected chi connectivity index (χ0v) is 19.5. The number of hydrogen-bond donors (Lipinski definition) is 1. The number of halogens is 10. The first kappa shape index (κ1) is 30.1. The molecule has 2 heterocycles. The maximum absolute atomic E-state index is 13.7. The lowest BCUT2D eigenvalue weighted by Crippen LogP contribution is -2.24. The van der Waals surface area contributed by atoms with Gasteiger partial charge in [-0.1, -0.05) is 0 Å². The maximum Gasteiger partial charge on any atom is 0.451 e. The summed E-state index contributed by atoms with van der Waals surface area (Å²) in [6.07, 6.45) is -9.87. The Kier molecular flexibility index (Phi) is 7.82. The number of alkyl halides is 6. The zero-order chi connectivity index (χ0) is 31.0. The van der Waals surface area contributed by atoms with Crippen LogP contribution >= 0.6 is 0 Å². The van der Waals surface area contributed by atoms with Gasteiger partial charge in [-0.15, -0.1) is 10.2 Å². The fourth-order valence-electron chi connectivity index (χ4n) is 3.03. The van der Waals surface area contributed by atoms with Gasteiger partial charge >= 0.3 is 23.7 Å². The predicted octanol–water partition coefficient (Wildman–Crippen LogP) is 3.47. The van der Waals surface area contributed by atoms with Crippen molar-refractivity contribution in [1.29, 1.82) is 10.5 Å². The predicted molar refractivity (Wildman–Crippen MR) is 112 cm³/mol. The molecule has 214 valence electrons. The van der Waals surface area contributed by atoms with E-state index in [1.165, 1.54) is 17.1 Å². The van der Waals surface area contributed by atoms with Crippen molar-refractivity contribution in [1.82, 2.24) is 29.1 Å². The molecule has 20 heteroatoms. The standard InChI is InChI=1S/C11H5F5N4O.C10H3F5N4O/c1-19-9(11(14,15)16)18-20(10(19)21)8-3-6(12)5(4-17)2-7(8)13;11-5-2-7(6(12)1-4(5)3-16)19-9(20)17-8(18-19)10(13,14)15/h2-3H,1H3;1-2H,(H,17,18,20). The number of benzene rings is 2. The number of aromatic amines is 1. The minimum atomic E-state index is -4.94. The summed E-state index contributed by atoms with van der Waals surface area (Å²) < 4.78 is 129. The van der Waals surface area contributed by atoms with E-state index in [1.54, 1.807) is 0 Å². The first-order chi connectivity index (χ1) is 18.9. The van der Waals surface area contributed by atoms with Crippen molar-refractivity contribution >= 4 is 0 Å². The third kappa shape index (κ3) is 5.95. The Morgan fingerprint density at radius 1 is 0.732 bits per heavy atom. The summed E-state index contributed by atoms with van der Waals surface area (Å²) in [6.45, 7) is 0. The minimum absolute atomic E-state index is 0.0301. The number of nitriles is 2. The van der Waals surface area contributed by atoms with Gasteiger partial charge in [-0.25, -0.2) is 27.2 Å². The van der Waals surface area contributed by atoms with Crippen LogP contribution in [-0.4, -0.2) is 29.1 Å². The Morgan fingerprint density at radius 3 is 1.56 bits per heavy atom. The second kappa shape index (κ2) is 10.6. The van der Waals surface area contributed by atoms with Crippen LogP contribution in [0.25, 0.3) is 11.4 Å². The van der Waals surface area contributed by atoms with Gasteiger partial charge in [-0.3, -0.25) is 9.55 Å². The van der Waals surface area contributed by atoms with Gasteiger partial charge in [0.15, 0.2) is 11.6 Å². The Bertz CT molecular complexity index is 1850. The highest BCUT2D eigenvalue weighted by Gasteiger charge is 2.38. The molecular weight excluding hydrogens is 586 g/mol. The van der Waals surface area contributed by atoms with Crippen LogP contribution in [0.3, 0.4) is 0 Å². The third-order valence-electron chi connectivity index (χ3n) is 4.89. The van der Waals surface area contributed by atoms with Crippen molar-refractivity contribution in [2.75, 3.05) is 0 Å². The van der Waals surface area contributed by atoms with Crippen LogP contribution in [0.15, 0.2) is 33.9 Å². The van der Waals surface area contributed by atoms with Gasteiger partial charge in [0.1, 0.15) is 35.1 Å². The Labute approximate surface area is 218 Å². The SMILES string of the molecule is Cn1c(C(F)(F)F)nn(-c2cc(F)c(C#N)cc2F)c1=O.N#Cc1cc(F)c(-n2nc(C(F)(F)F)[nH]c2=O)cc1F. The van der Waals surface area contributed by atoms with Crippen molar-refractivity contribution < 1.29 is 43.9 Å². The second-order valence-electron chi connectivity index (χ2n) is 7.55. The van der Waals surface area contributed by atoms with E-state index in [2.05, 4.69) is 10.2 Å². The van der Waals surface area contributed by atoms with Crippen LogP contribution < -0.4 is 11.4 Å². The van der Waals surface area contributed by atoms with E-state index in [1.807, 2.05) is 0 Å². The number of rotatable bonds is 2. The topological polar surface area (TPSA) is 138 Å². The van der Waals surface area contributed by atoms with Crippen molar-refractivity contribution in [3.8, 4) is 23.5 Å². The molecular formula is C21H8F10N8O2. The second-order valence-corrected chi connectivity index (χ2v) is 7.55. The molecule has 10 nitrogen and oxygen atoms in total. The molecule has 0 unspecified atom stereocenters. The van der Waals surface area contributed by atoms with Crippen LogP contribution in [0.2, 0.25) is 0 Å². The largest absolute Gasteiger partial charge is 0.451 e. The van der Waals surface area contributed by atoms with E-state index in [0.717, 1.165) is 7.05 Å². The summed E-state index contributed by atoms with van der Waals surface area (Å²) in [5.41, 5.74) is -5.63. The molecule has 41 heavy (non-hydrogen) atoms. The summed E-state index contributed by atoms with van der Waals surface area (Å²) >= 11 is 0. The van der Waals surface area contributed by atoms with Crippen LogP contribution in [0.4, 0.5) is 43.9 Å². The maximum atomic E-state index is 13.7. The normalized spacial score (nSPS) is 11.4. The molecule has 2 aromatic carbocycles. The average Bonchev–Trinajstić information content (AvgIpc) is 3.41. The molecule has 4 aromatic rings. The summed E-state index contributed by atoms with van der Waals surface area (Å²) in [6, 6.07) is 4.49. The number of nitrogens with zero attached hydrogens (tertiary/aromatic N) is 7. The fourth-order valence-corrected chi connectivity index (χ4v) is 3.03. The van der Waals surface area contributed by atoms with Gasteiger partial charge in [-0.2, -0.15) is 46.2 Å². The first-order valence-corrected chi connectivity index (χ1v) is 10.2. The quantitative estimate of drug-likeness (QED) is 0.353. The lowest BCUT2D eigenvalue weighted by molar-refractivity contribution is -0.147. The molecule has 1 N–H and O–H groups in total. The average molecular weight is 594 g/mol. The number of aromatic nitrogens is 6. The molecule has 4 rings (SSSR count). The molecule has 0 saturated heterocycles. The molecule has 0 spiro atoms. The van der Waals surface area contributed by atoms with Crippen molar-refractivity contribution in [2.24, 2.45) is 7.05 Å². The molecule has 0 atom stereocenters. The van der Waals surface area contributed by atoms with Crippen LogP contribution in [0.5, 0.6) is 0 Å². The van der Waals surface area contributed by atoms with Crippen LogP contribution in [-0.2, 0) is 19.4 Å². The molecule has 2 aromatic heterocycles.